The first kappa shape index (κ1) is 29.2. The molecule has 1 N–H and O–H groups in total. The third-order valence-corrected chi connectivity index (χ3v) is 8.10. The highest BCUT2D eigenvalue weighted by Gasteiger charge is 2.45. The number of anilines is 1. The predicted molar refractivity (Wildman–Crippen MR) is 159 cm³/mol. The van der Waals surface area contributed by atoms with Crippen LogP contribution in [0, 0.1) is 19.7 Å². The van der Waals surface area contributed by atoms with E-state index in [4.69, 9.17) is 16.6 Å². The Balaban J connectivity index is 1.48. The van der Waals surface area contributed by atoms with Gasteiger partial charge < -0.3 is 14.6 Å². The predicted octanol–water partition coefficient (Wildman–Crippen LogP) is 6.05. The number of hydrogen-bond donors (Lipinski definition) is 1. The summed E-state index contributed by atoms with van der Waals surface area (Å²) in [5.41, 5.74) is 1.84. The van der Waals surface area contributed by atoms with Gasteiger partial charge in [0, 0.05) is 36.3 Å². The molecule has 0 unspecified atom stereocenters. The van der Waals surface area contributed by atoms with Gasteiger partial charge in [0.1, 0.15) is 28.5 Å². The molecule has 0 aliphatic carbocycles. The van der Waals surface area contributed by atoms with Gasteiger partial charge in [0.25, 0.3) is 11.8 Å². The molecule has 1 aliphatic rings. The average molecular weight is 592 g/mol. The van der Waals surface area contributed by atoms with E-state index in [1.54, 1.807) is 52.0 Å². The van der Waals surface area contributed by atoms with Crippen LogP contribution >= 0.6 is 11.6 Å². The third-order valence-electron chi connectivity index (χ3n) is 7.79. The fourth-order valence-electron chi connectivity index (χ4n) is 5.54. The second kappa shape index (κ2) is 10.5. The van der Waals surface area contributed by atoms with E-state index in [1.165, 1.54) is 21.9 Å². The number of aromatic carboxylic acids is 1. The summed E-state index contributed by atoms with van der Waals surface area (Å²) in [6, 6.07) is 9.63. The molecule has 2 amide bonds. The largest absolute Gasteiger partial charge is 0.478 e. The first-order valence-electron chi connectivity index (χ1n) is 13.5. The lowest BCUT2D eigenvalue weighted by Gasteiger charge is -2.45. The lowest BCUT2D eigenvalue weighted by Crippen LogP contribution is -2.65. The Labute approximate surface area is 247 Å². The van der Waals surface area contributed by atoms with Gasteiger partial charge in [-0.1, -0.05) is 17.7 Å². The second-order valence-electron chi connectivity index (χ2n) is 11.3. The molecule has 218 valence electrons. The number of carboxylic acid groups (broad SMARTS) is 1. The van der Waals surface area contributed by atoms with Crippen molar-refractivity contribution in [3.8, 4) is 11.1 Å². The number of benzene rings is 1. The van der Waals surface area contributed by atoms with Crippen LogP contribution < -0.4 is 4.90 Å². The fourth-order valence-corrected chi connectivity index (χ4v) is 5.66. The van der Waals surface area contributed by atoms with Crippen LogP contribution in [0.2, 0.25) is 5.02 Å². The highest BCUT2D eigenvalue weighted by Crippen LogP contribution is 2.34. The van der Waals surface area contributed by atoms with E-state index in [-0.39, 0.29) is 41.3 Å². The van der Waals surface area contributed by atoms with Crippen molar-refractivity contribution in [3.05, 3.63) is 75.9 Å². The van der Waals surface area contributed by atoms with Crippen molar-refractivity contribution in [2.45, 2.75) is 53.1 Å². The smallest absolute Gasteiger partial charge is 0.337 e. The van der Waals surface area contributed by atoms with Crippen molar-refractivity contribution in [2.24, 2.45) is 0 Å². The molecule has 0 saturated carbocycles. The summed E-state index contributed by atoms with van der Waals surface area (Å²) in [5, 5.41) is 10.3. The van der Waals surface area contributed by atoms with Crippen molar-refractivity contribution < 1.29 is 23.9 Å². The molecular formula is C31H31ClFN5O4. The van der Waals surface area contributed by atoms with Crippen LogP contribution in [0.5, 0.6) is 0 Å². The van der Waals surface area contributed by atoms with Gasteiger partial charge >= 0.3 is 5.97 Å². The number of piperazine rings is 1. The van der Waals surface area contributed by atoms with Crippen LogP contribution in [0.4, 0.5) is 10.2 Å². The van der Waals surface area contributed by atoms with Gasteiger partial charge in [0.2, 0.25) is 0 Å². The van der Waals surface area contributed by atoms with Gasteiger partial charge in [0.05, 0.1) is 16.3 Å². The third kappa shape index (κ3) is 4.79. The molecule has 1 aromatic carbocycles. The molecule has 0 spiro atoms. The van der Waals surface area contributed by atoms with Crippen molar-refractivity contribution in [1.29, 1.82) is 0 Å². The van der Waals surface area contributed by atoms with Gasteiger partial charge in [-0.15, -0.1) is 0 Å². The minimum atomic E-state index is -1.23. The number of carboxylic acids is 1. The molecule has 4 heterocycles. The summed E-state index contributed by atoms with van der Waals surface area (Å²) < 4.78 is 16.2. The number of carbonyl (C=O) groups excluding carboxylic acids is 2. The fraction of sp³-hybridized carbons (Fsp3) is 0.323. The van der Waals surface area contributed by atoms with E-state index in [1.807, 2.05) is 24.6 Å². The van der Waals surface area contributed by atoms with E-state index < -0.39 is 23.2 Å². The van der Waals surface area contributed by atoms with Crippen molar-refractivity contribution in [3.63, 3.8) is 0 Å². The Morgan fingerprint density at radius 3 is 2.40 bits per heavy atom. The zero-order valence-corrected chi connectivity index (χ0v) is 25.0. The van der Waals surface area contributed by atoms with Gasteiger partial charge in [-0.2, -0.15) is 0 Å². The van der Waals surface area contributed by atoms with E-state index >= 15 is 0 Å². The summed E-state index contributed by atoms with van der Waals surface area (Å²) >= 11 is 5.89. The minimum Gasteiger partial charge on any atom is -0.478 e. The zero-order valence-electron chi connectivity index (χ0n) is 24.2. The highest BCUT2D eigenvalue weighted by atomic mass is 35.5. The SMILES string of the molecule is Cc1cc(N2CCN(C(=O)c3ccc4c(-c5ccc(Cl)c(F)c5)cn(C(C)C)c4n3)C(C)(C)C2=O)nc(C)c1C(=O)O. The maximum Gasteiger partial charge on any atom is 0.337 e. The molecule has 0 radical (unpaired) electrons. The Kier molecular flexibility index (Phi) is 7.30. The Bertz CT molecular complexity index is 1760. The standard InChI is InChI=1S/C31H31ClFN5O4/c1-16(2)37-15-21(19-7-9-22(32)23(33)14-19)20-8-10-24(35-27(20)37)28(39)38-12-11-36(30(42)31(38,5)6)25-13-17(3)26(29(40)41)18(4)34-25/h7-10,13-16H,11-12H2,1-6H3,(H,40,41). The van der Waals surface area contributed by atoms with E-state index in [9.17, 15) is 23.9 Å². The monoisotopic (exact) mass is 591 g/mol. The molecule has 9 nitrogen and oxygen atoms in total. The van der Waals surface area contributed by atoms with Gasteiger partial charge in [-0.05, 0) is 83.0 Å². The Morgan fingerprint density at radius 2 is 1.79 bits per heavy atom. The molecule has 0 bridgehead atoms. The van der Waals surface area contributed by atoms with Crippen molar-refractivity contribution >= 4 is 46.2 Å². The summed E-state index contributed by atoms with van der Waals surface area (Å²) in [5.74, 6) is -1.99. The number of rotatable bonds is 5. The number of aromatic nitrogens is 3. The number of pyridine rings is 2. The maximum absolute atomic E-state index is 14.3. The van der Waals surface area contributed by atoms with Gasteiger partial charge in [-0.3, -0.25) is 14.5 Å². The number of nitrogens with zero attached hydrogens (tertiary/aromatic N) is 5. The molecule has 1 saturated heterocycles. The lowest BCUT2D eigenvalue weighted by molar-refractivity contribution is -0.129. The molecule has 11 heteroatoms. The van der Waals surface area contributed by atoms with Crippen LogP contribution in [-0.4, -0.2) is 61.0 Å². The normalized spacial score (nSPS) is 15.1. The molecule has 42 heavy (non-hydrogen) atoms. The number of amides is 2. The first-order chi connectivity index (χ1) is 19.7. The molecule has 5 rings (SSSR count). The molecule has 0 atom stereocenters. The minimum absolute atomic E-state index is 0.00439. The molecule has 1 aliphatic heterocycles. The number of halogens is 2. The van der Waals surface area contributed by atoms with E-state index in [2.05, 4.69) is 4.98 Å². The first-order valence-corrected chi connectivity index (χ1v) is 13.9. The van der Waals surface area contributed by atoms with E-state index in [0.29, 0.717) is 28.3 Å². The zero-order chi connectivity index (χ0) is 30.7. The molecule has 3 aromatic heterocycles. The van der Waals surface area contributed by atoms with Crippen LogP contribution in [-0.2, 0) is 4.79 Å². The average Bonchev–Trinajstić information content (AvgIpc) is 3.30. The van der Waals surface area contributed by atoms with Crippen LogP contribution in [0.3, 0.4) is 0 Å². The summed E-state index contributed by atoms with van der Waals surface area (Å²) in [7, 11) is 0. The maximum atomic E-state index is 14.3. The topological polar surface area (TPSA) is 109 Å². The number of aryl methyl sites for hydroxylation is 2. The van der Waals surface area contributed by atoms with Gasteiger partial charge in [0.15, 0.2) is 0 Å². The second-order valence-corrected chi connectivity index (χ2v) is 11.7. The molecule has 1 fully saturated rings. The lowest BCUT2D eigenvalue weighted by atomic mass is 9.96. The summed E-state index contributed by atoms with van der Waals surface area (Å²) in [4.78, 5) is 51.3. The van der Waals surface area contributed by atoms with Gasteiger partial charge in [-0.25, -0.2) is 19.2 Å². The van der Waals surface area contributed by atoms with Crippen molar-refractivity contribution in [1.82, 2.24) is 19.4 Å². The number of fused-ring (bicyclic) bond motifs is 1. The van der Waals surface area contributed by atoms with E-state index in [0.717, 1.165) is 10.9 Å². The van der Waals surface area contributed by atoms with Crippen LogP contribution in [0.15, 0.2) is 42.6 Å². The molecular weight excluding hydrogens is 561 g/mol. The highest BCUT2D eigenvalue weighted by molar-refractivity contribution is 6.30. The molecule has 4 aromatic rings. The number of hydrogen-bond acceptors (Lipinski definition) is 5. The Morgan fingerprint density at radius 1 is 1.07 bits per heavy atom. The van der Waals surface area contributed by atoms with Crippen LogP contribution in [0.1, 0.15) is 65.8 Å². The van der Waals surface area contributed by atoms with Crippen molar-refractivity contribution in [2.75, 3.05) is 18.0 Å². The number of carbonyl (C=O) groups is 3. The quantitative estimate of drug-likeness (QED) is 0.302. The van der Waals surface area contributed by atoms with Crippen LogP contribution in [0.25, 0.3) is 22.2 Å². The summed E-state index contributed by atoms with van der Waals surface area (Å²) in [6.07, 6.45) is 1.89. The Hall–Kier alpha value is -4.31. The summed E-state index contributed by atoms with van der Waals surface area (Å²) in [6.45, 7) is 11.0.